The molecule has 0 radical (unpaired) electrons. The molecule has 0 bridgehead atoms. The van der Waals surface area contributed by atoms with Gasteiger partial charge in [0, 0.05) is 17.2 Å². The Morgan fingerprint density at radius 2 is 1.18 bits per heavy atom. The third-order valence-electron chi connectivity index (χ3n) is 6.01. The number of hydrogen-bond donors (Lipinski definition) is 3. The van der Waals surface area contributed by atoms with E-state index in [2.05, 4.69) is 5.32 Å². The van der Waals surface area contributed by atoms with Crippen molar-refractivity contribution in [3.8, 4) is 11.5 Å². The van der Waals surface area contributed by atoms with Crippen molar-refractivity contribution in [3.05, 3.63) is 138 Å². The molecule has 0 unspecified atom stereocenters. The third-order valence-corrected chi connectivity index (χ3v) is 6.01. The summed E-state index contributed by atoms with van der Waals surface area (Å²) in [5.41, 5.74) is 4.13. The molecule has 0 saturated carbocycles. The minimum absolute atomic E-state index is 0.181. The van der Waals surface area contributed by atoms with Gasteiger partial charge < -0.3 is 15.5 Å². The number of aromatic hydroxyl groups is 2. The Morgan fingerprint density at radius 3 is 1.85 bits per heavy atom. The molecule has 0 aliphatic rings. The van der Waals surface area contributed by atoms with Crippen molar-refractivity contribution >= 4 is 22.4 Å². The summed E-state index contributed by atoms with van der Waals surface area (Å²) in [5, 5.41) is 24.7. The quantitative estimate of drug-likeness (QED) is 0.264. The Hall–Kier alpha value is -4.57. The predicted molar refractivity (Wildman–Crippen MR) is 136 cm³/mol. The average molecular weight is 446 g/mol. The zero-order chi connectivity index (χ0) is 23.5. The second-order valence-corrected chi connectivity index (χ2v) is 8.18. The number of anilines is 1. The van der Waals surface area contributed by atoms with Crippen LogP contribution in [0.15, 0.2) is 115 Å². The van der Waals surface area contributed by atoms with Crippen molar-refractivity contribution in [3.63, 3.8) is 0 Å². The van der Waals surface area contributed by atoms with E-state index in [0.717, 1.165) is 27.5 Å². The molecule has 0 aliphatic heterocycles. The fourth-order valence-electron chi connectivity index (χ4n) is 4.36. The number of carbonyl (C=O) groups is 1. The van der Waals surface area contributed by atoms with Crippen LogP contribution in [-0.2, 0) is 0 Å². The summed E-state index contributed by atoms with van der Waals surface area (Å²) in [6.07, 6.45) is 0. The molecular weight excluding hydrogens is 422 g/mol. The summed E-state index contributed by atoms with van der Waals surface area (Å²) < 4.78 is 0. The fraction of sp³-hybridized carbons (Fsp3) is 0.0333. The molecule has 166 valence electrons. The highest BCUT2D eigenvalue weighted by atomic mass is 16.3. The first-order valence-corrected chi connectivity index (χ1v) is 11.1. The number of fused-ring (bicyclic) bond motifs is 1. The highest BCUT2D eigenvalue weighted by Gasteiger charge is 2.21. The van der Waals surface area contributed by atoms with E-state index in [4.69, 9.17) is 0 Å². The molecule has 0 atom stereocenters. The summed E-state index contributed by atoms with van der Waals surface area (Å²) in [6.45, 7) is 0. The number of nitrogens with one attached hydrogen (secondary N) is 1. The van der Waals surface area contributed by atoms with Crippen LogP contribution in [0.4, 0.5) is 5.69 Å². The van der Waals surface area contributed by atoms with Crippen LogP contribution in [0.1, 0.15) is 33.0 Å². The Labute approximate surface area is 197 Å². The Kier molecular flexibility index (Phi) is 5.71. The van der Waals surface area contributed by atoms with Gasteiger partial charge in [0.25, 0.3) is 5.91 Å². The Bertz CT molecular complexity index is 1410. The summed E-state index contributed by atoms with van der Waals surface area (Å²) in [6, 6.07) is 35.4. The van der Waals surface area contributed by atoms with Gasteiger partial charge in [0.2, 0.25) is 0 Å². The molecule has 3 N–H and O–H groups in total. The summed E-state index contributed by atoms with van der Waals surface area (Å²) in [7, 11) is 0. The number of phenols is 2. The van der Waals surface area contributed by atoms with E-state index in [1.165, 1.54) is 0 Å². The van der Waals surface area contributed by atoms with Crippen molar-refractivity contribution in [1.82, 2.24) is 0 Å². The number of rotatable bonds is 5. The fourth-order valence-corrected chi connectivity index (χ4v) is 4.36. The predicted octanol–water partition coefficient (Wildman–Crippen LogP) is 6.68. The molecule has 0 aromatic heterocycles. The van der Waals surface area contributed by atoms with E-state index in [0.29, 0.717) is 11.3 Å². The van der Waals surface area contributed by atoms with Crippen molar-refractivity contribution in [2.75, 3.05) is 5.32 Å². The molecule has 0 aliphatic carbocycles. The molecule has 4 nitrogen and oxygen atoms in total. The van der Waals surface area contributed by atoms with Crippen molar-refractivity contribution in [2.24, 2.45) is 0 Å². The lowest BCUT2D eigenvalue weighted by Gasteiger charge is -2.22. The molecule has 5 aromatic rings. The van der Waals surface area contributed by atoms with Crippen molar-refractivity contribution in [2.45, 2.75) is 5.92 Å². The van der Waals surface area contributed by atoms with Gasteiger partial charge in [-0.05, 0) is 63.9 Å². The number of carbonyl (C=O) groups excluding carboxylic acids is 1. The van der Waals surface area contributed by atoms with Crippen molar-refractivity contribution < 1.29 is 15.0 Å². The number of phenolic OH excluding ortho intramolecular Hbond substituents is 2. The van der Waals surface area contributed by atoms with Crippen LogP contribution in [0.25, 0.3) is 10.8 Å². The first kappa shape index (κ1) is 21.3. The lowest BCUT2D eigenvalue weighted by molar-refractivity contribution is 0.102. The Morgan fingerprint density at radius 1 is 0.618 bits per heavy atom. The summed E-state index contributed by atoms with van der Waals surface area (Å²) in [5.74, 6) is -0.0267. The SMILES string of the molecule is O=C(Nc1ccccc1C(c1ccc(O)cc1)c1ccc(O)cc1)c1cccc2ccccc12. The lowest BCUT2D eigenvalue weighted by atomic mass is 9.84. The minimum atomic E-state index is -0.217. The second-order valence-electron chi connectivity index (χ2n) is 8.18. The van der Waals surface area contributed by atoms with Crippen molar-refractivity contribution in [1.29, 1.82) is 0 Å². The summed E-state index contributed by atoms with van der Waals surface area (Å²) in [4.78, 5) is 13.4. The van der Waals surface area contributed by atoms with E-state index in [9.17, 15) is 15.0 Å². The van der Waals surface area contributed by atoms with Gasteiger partial charge in [0.15, 0.2) is 0 Å². The van der Waals surface area contributed by atoms with Gasteiger partial charge in [0.05, 0.1) is 0 Å². The first-order chi connectivity index (χ1) is 16.6. The molecule has 0 heterocycles. The van der Waals surface area contributed by atoms with Gasteiger partial charge in [-0.3, -0.25) is 4.79 Å². The molecule has 5 rings (SSSR count). The molecule has 1 amide bonds. The number of hydrogen-bond acceptors (Lipinski definition) is 3. The average Bonchev–Trinajstić information content (AvgIpc) is 2.87. The van der Waals surface area contributed by atoms with Gasteiger partial charge in [-0.15, -0.1) is 0 Å². The van der Waals surface area contributed by atoms with Crippen LogP contribution in [0, 0.1) is 0 Å². The van der Waals surface area contributed by atoms with Crippen LogP contribution in [0.2, 0.25) is 0 Å². The molecule has 5 aromatic carbocycles. The molecule has 34 heavy (non-hydrogen) atoms. The second kappa shape index (κ2) is 9.12. The van der Waals surface area contributed by atoms with Gasteiger partial charge in [-0.25, -0.2) is 0 Å². The highest BCUT2D eigenvalue weighted by Crippen LogP contribution is 2.37. The number of benzene rings is 5. The van der Waals surface area contributed by atoms with Gasteiger partial charge >= 0.3 is 0 Å². The number of para-hydroxylation sites is 1. The topological polar surface area (TPSA) is 69.6 Å². The van der Waals surface area contributed by atoms with E-state index in [-0.39, 0.29) is 23.3 Å². The van der Waals surface area contributed by atoms with E-state index in [1.807, 2.05) is 91.0 Å². The minimum Gasteiger partial charge on any atom is -0.508 e. The van der Waals surface area contributed by atoms with Crippen LogP contribution >= 0.6 is 0 Å². The Balaban J connectivity index is 1.58. The zero-order valence-electron chi connectivity index (χ0n) is 18.3. The lowest BCUT2D eigenvalue weighted by Crippen LogP contribution is -2.15. The van der Waals surface area contributed by atoms with E-state index >= 15 is 0 Å². The normalized spacial score (nSPS) is 11.0. The highest BCUT2D eigenvalue weighted by molar-refractivity contribution is 6.13. The monoisotopic (exact) mass is 445 g/mol. The van der Waals surface area contributed by atoms with E-state index < -0.39 is 0 Å². The third kappa shape index (κ3) is 4.21. The molecular formula is C30H23NO3. The van der Waals surface area contributed by atoms with Crippen LogP contribution in [-0.4, -0.2) is 16.1 Å². The zero-order valence-corrected chi connectivity index (χ0v) is 18.3. The molecule has 0 fully saturated rings. The van der Waals surface area contributed by atoms with Gasteiger partial charge in [0.1, 0.15) is 11.5 Å². The van der Waals surface area contributed by atoms with Crippen LogP contribution < -0.4 is 5.32 Å². The molecule has 0 spiro atoms. The smallest absolute Gasteiger partial charge is 0.256 e. The van der Waals surface area contributed by atoms with Crippen LogP contribution in [0.3, 0.4) is 0 Å². The maximum Gasteiger partial charge on any atom is 0.256 e. The first-order valence-electron chi connectivity index (χ1n) is 11.1. The summed E-state index contributed by atoms with van der Waals surface area (Å²) >= 11 is 0. The molecule has 0 saturated heterocycles. The number of amides is 1. The maximum absolute atomic E-state index is 13.4. The van der Waals surface area contributed by atoms with E-state index in [1.54, 1.807) is 24.3 Å². The standard InChI is InChI=1S/C30H23NO3/c32-23-16-12-21(13-17-23)29(22-14-18-24(33)19-15-22)27-9-3-4-11-28(27)31-30(34)26-10-5-7-20-6-1-2-8-25(20)26/h1-19,29,32-33H,(H,31,34). The largest absolute Gasteiger partial charge is 0.508 e. The molecule has 4 heteroatoms. The maximum atomic E-state index is 13.4. The van der Waals surface area contributed by atoms with Gasteiger partial charge in [-0.1, -0.05) is 78.9 Å². The van der Waals surface area contributed by atoms with Gasteiger partial charge in [-0.2, -0.15) is 0 Å². The van der Waals surface area contributed by atoms with Crippen LogP contribution in [0.5, 0.6) is 11.5 Å².